The van der Waals surface area contributed by atoms with Crippen molar-refractivity contribution in [1.82, 2.24) is 0 Å². The van der Waals surface area contributed by atoms with E-state index in [1.807, 2.05) is 12.2 Å². The minimum absolute atomic E-state index is 0.00157. The molecule has 23 heavy (non-hydrogen) atoms. The molecule has 4 aliphatic rings. The van der Waals surface area contributed by atoms with E-state index >= 15 is 0 Å². The van der Waals surface area contributed by atoms with E-state index in [0.29, 0.717) is 24.5 Å². The normalized spacial score (nSPS) is 58.1. The number of aliphatic hydroxyl groups excluding tert-OH is 2. The van der Waals surface area contributed by atoms with Gasteiger partial charge in [-0.2, -0.15) is 0 Å². The van der Waals surface area contributed by atoms with Crippen LogP contribution in [0.5, 0.6) is 0 Å². The fraction of sp³-hybridized carbons (Fsp3) is 0.789. The molecule has 0 bridgehead atoms. The first-order chi connectivity index (χ1) is 10.8. The molecule has 0 radical (unpaired) electrons. The Balaban J connectivity index is 1.76. The number of fused-ring (bicyclic) bond motifs is 5. The van der Waals surface area contributed by atoms with E-state index in [4.69, 9.17) is 5.73 Å². The molecule has 4 rings (SSSR count). The van der Waals surface area contributed by atoms with E-state index in [1.54, 1.807) is 0 Å². The maximum absolute atomic E-state index is 14.4. The van der Waals surface area contributed by atoms with E-state index in [-0.39, 0.29) is 28.6 Å². The number of hydrogen-bond donors (Lipinski definition) is 3. The van der Waals surface area contributed by atoms with Crippen LogP contribution >= 0.6 is 0 Å². The van der Waals surface area contributed by atoms with Crippen molar-refractivity contribution in [3.8, 4) is 0 Å². The number of rotatable bonds is 0. The van der Waals surface area contributed by atoms with Crippen LogP contribution in [-0.4, -0.2) is 28.5 Å². The van der Waals surface area contributed by atoms with Gasteiger partial charge in [-0.05, 0) is 60.3 Å². The molecule has 4 N–H and O–H groups in total. The van der Waals surface area contributed by atoms with Crippen LogP contribution in [0.2, 0.25) is 0 Å². The quantitative estimate of drug-likeness (QED) is 0.601. The highest BCUT2D eigenvalue weighted by Gasteiger charge is 2.62. The molecule has 0 saturated heterocycles. The summed E-state index contributed by atoms with van der Waals surface area (Å²) < 4.78 is 14.4. The summed E-state index contributed by atoms with van der Waals surface area (Å²) in [4.78, 5) is 0. The third kappa shape index (κ3) is 1.94. The van der Waals surface area contributed by atoms with Crippen LogP contribution in [0, 0.1) is 34.5 Å². The lowest BCUT2D eigenvalue weighted by atomic mass is 9.48. The average molecular weight is 321 g/mol. The van der Waals surface area contributed by atoms with Gasteiger partial charge in [0.05, 0.1) is 11.9 Å². The zero-order valence-corrected chi connectivity index (χ0v) is 14.0. The van der Waals surface area contributed by atoms with Crippen LogP contribution in [0.1, 0.15) is 39.5 Å². The van der Waals surface area contributed by atoms with Crippen molar-refractivity contribution in [3.63, 3.8) is 0 Å². The van der Waals surface area contributed by atoms with Gasteiger partial charge in [-0.15, -0.1) is 0 Å². The lowest BCUT2D eigenvalue weighted by Gasteiger charge is -2.57. The van der Waals surface area contributed by atoms with Gasteiger partial charge in [0.25, 0.3) is 0 Å². The molecule has 0 aromatic heterocycles. The number of nitrogens with two attached hydrogens (primary N) is 1. The highest BCUT2D eigenvalue weighted by molar-refractivity contribution is 5.27. The van der Waals surface area contributed by atoms with Gasteiger partial charge in [0.1, 0.15) is 6.17 Å². The van der Waals surface area contributed by atoms with Gasteiger partial charge in [-0.1, -0.05) is 26.0 Å². The van der Waals surface area contributed by atoms with Crippen LogP contribution in [0.15, 0.2) is 24.0 Å². The van der Waals surface area contributed by atoms with Crippen LogP contribution in [0.4, 0.5) is 4.39 Å². The Morgan fingerprint density at radius 1 is 1.26 bits per heavy atom. The average Bonchev–Trinajstić information content (AvgIpc) is 2.73. The Labute approximate surface area is 137 Å². The van der Waals surface area contributed by atoms with Crippen molar-refractivity contribution in [3.05, 3.63) is 24.0 Å². The summed E-state index contributed by atoms with van der Waals surface area (Å²) in [5.74, 6) is 0.987. The van der Waals surface area contributed by atoms with E-state index in [0.717, 1.165) is 12.8 Å². The molecule has 4 unspecified atom stereocenters. The van der Waals surface area contributed by atoms with Crippen LogP contribution in [-0.2, 0) is 0 Å². The SMILES string of the molecule is C[C@]12C=CC(O)CC1C=C(O)[C@@H]1[C@H]2CC[C@]2(C)C(N)C(F)C[C@@H]12. The predicted octanol–water partition coefficient (Wildman–Crippen LogP) is 3.10. The molecule has 2 fully saturated rings. The summed E-state index contributed by atoms with van der Waals surface area (Å²) in [5.41, 5.74) is 5.92. The highest BCUT2D eigenvalue weighted by Crippen LogP contribution is 2.64. The first-order valence-electron chi connectivity index (χ1n) is 8.95. The Morgan fingerprint density at radius 3 is 2.74 bits per heavy atom. The minimum Gasteiger partial charge on any atom is -0.512 e. The molecule has 0 heterocycles. The van der Waals surface area contributed by atoms with E-state index in [1.165, 1.54) is 0 Å². The number of hydrogen-bond acceptors (Lipinski definition) is 3. The van der Waals surface area contributed by atoms with Crippen molar-refractivity contribution in [1.29, 1.82) is 0 Å². The van der Waals surface area contributed by atoms with Gasteiger partial charge in [0.15, 0.2) is 0 Å². The molecule has 9 atom stereocenters. The second-order valence-corrected chi connectivity index (χ2v) is 8.79. The zero-order chi connectivity index (χ0) is 16.6. The first kappa shape index (κ1) is 15.6. The van der Waals surface area contributed by atoms with Crippen molar-refractivity contribution in [2.75, 3.05) is 0 Å². The molecule has 4 aliphatic carbocycles. The Kier molecular flexibility index (Phi) is 3.28. The Hall–Kier alpha value is -0.870. The van der Waals surface area contributed by atoms with Crippen LogP contribution in [0.3, 0.4) is 0 Å². The number of aliphatic hydroxyl groups is 2. The lowest BCUT2D eigenvalue weighted by molar-refractivity contribution is -0.0469. The van der Waals surface area contributed by atoms with Gasteiger partial charge in [-0.25, -0.2) is 4.39 Å². The summed E-state index contributed by atoms with van der Waals surface area (Å²) in [6.07, 6.45) is 7.60. The second-order valence-electron chi connectivity index (χ2n) is 8.79. The number of allylic oxidation sites excluding steroid dienone is 3. The molecule has 4 heteroatoms. The molecule has 0 amide bonds. The van der Waals surface area contributed by atoms with E-state index in [9.17, 15) is 14.6 Å². The third-order valence-electron chi connectivity index (χ3n) is 7.82. The fourth-order valence-corrected chi connectivity index (χ4v) is 6.26. The summed E-state index contributed by atoms with van der Waals surface area (Å²) in [6, 6.07) is -0.421. The molecule has 0 aliphatic heterocycles. The Bertz CT molecular complexity index is 576. The summed E-state index contributed by atoms with van der Waals surface area (Å²) in [6.45, 7) is 4.35. The second kappa shape index (κ2) is 4.82. The van der Waals surface area contributed by atoms with Gasteiger partial charge in [0.2, 0.25) is 0 Å². The molecular formula is C19H28FNO2. The van der Waals surface area contributed by atoms with E-state index < -0.39 is 18.3 Å². The minimum atomic E-state index is -0.967. The number of alkyl halides is 1. The monoisotopic (exact) mass is 321 g/mol. The largest absolute Gasteiger partial charge is 0.512 e. The fourth-order valence-electron chi connectivity index (χ4n) is 6.26. The number of halogens is 1. The predicted molar refractivity (Wildman–Crippen MR) is 87.4 cm³/mol. The Morgan fingerprint density at radius 2 is 2.00 bits per heavy atom. The summed E-state index contributed by atoms with van der Waals surface area (Å²) in [5, 5.41) is 20.7. The highest BCUT2D eigenvalue weighted by atomic mass is 19.1. The van der Waals surface area contributed by atoms with Gasteiger partial charge in [-0.3, -0.25) is 0 Å². The lowest BCUT2D eigenvalue weighted by Crippen LogP contribution is -2.54. The summed E-state index contributed by atoms with van der Waals surface area (Å²) in [7, 11) is 0. The topological polar surface area (TPSA) is 66.5 Å². The molecule has 0 spiro atoms. The van der Waals surface area contributed by atoms with Gasteiger partial charge in [0, 0.05) is 12.0 Å². The standard InChI is InChI=1S/C19H28FNO2/c1-18-5-3-11(22)7-10(18)8-15(23)16-12(18)4-6-19(2)13(16)9-14(20)17(19)21/h3,5,8,10-14,16-17,22-23H,4,6-7,9,21H2,1-2H3/t10?,11?,12-,13+,14?,16-,17?,18+,19+/m1/s1. The molecule has 3 nitrogen and oxygen atoms in total. The third-order valence-corrected chi connectivity index (χ3v) is 7.82. The smallest absolute Gasteiger partial charge is 0.116 e. The van der Waals surface area contributed by atoms with Gasteiger partial charge >= 0.3 is 0 Å². The molecule has 2 saturated carbocycles. The van der Waals surface area contributed by atoms with Crippen molar-refractivity contribution in [2.24, 2.45) is 40.2 Å². The summed E-state index contributed by atoms with van der Waals surface area (Å²) >= 11 is 0. The van der Waals surface area contributed by atoms with Crippen LogP contribution in [0.25, 0.3) is 0 Å². The zero-order valence-electron chi connectivity index (χ0n) is 14.0. The van der Waals surface area contributed by atoms with E-state index in [2.05, 4.69) is 19.9 Å². The van der Waals surface area contributed by atoms with Crippen molar-refractivity contribution in [2.45, 2.75) is 57.8 Å². The molecule has 128 valence electrons. The van der Waals surface area contributed by atoms with Gasteiger partial charge < -0.3 is 15.9 Å². The maximum Gasteiger partial charge on any atom is 0.116 e. The molecule has 0 aromatic rings. The van der Waals surface area contributed by atoms with Crippen LogP contribution < -0.4 is 5.73 Å². The molecule has 0 aromatic carbocycles. The molecular weight excluding hydrogens is 293 g/mol. The van der Waals surface area contributed by atoms with Crippen molar-refractivity contribution < 1.29 is 14.6 Å². The maximum atomic E-state index is 14.4. The van der Waals surface area contributed by atoms with Crippen molar-refractivity contribution >= 4 is 0 Å². The first-order valence-corrected chi connectivity index (χ1v) is 8.95.